The summed E-state index contributed by atoms with van der Waals surface area (Å²) in [7, 11) is 1.65. The van der Waals surface area contributed by atoms with E-state index in [-0.39, 0.29) is 5.91 Å². The predicted molar refractivity (Wildman–Crippen MR) is 94.0 cm³/mol. The predicted octanol–water partition coefficient (Wildman–Crippen LogP) is 2.76. The van der Waals surface area contributed by atoms with Crippen LogP contribution >= 0.6 is 0 Å². The Labute approximate surface area is 142 Å². The zero-order chi connectivity index (χ0) is 16.8. The third-order valence-electron chi connectivity index (χ3n) is 4.19. The van der Waals surface area contributed by atoms with Crippen LogP contribution in [0.3, 0.4) is 0 Å². The van der Waals surface area contributed by atoms with Crippen molar-refractivity contribution in [3.05, 3.63) is 59.3 Å². The molecule has 0 atom stereocenters. The van der Waals surface area contributed by atoms with Crippen LogP contribution in [0.2, 0.25) is 0 Å². The lowest BCUT2D eigenvalue weighted by atomic mass is 10.1. The van der Waals surface area contributed by atoms with Crippen LogP contribution in [-0.4, -0.2) is 31.1 Å². The van der Waals surface area contributed by atoms with Gasteiger partial charge >= 0.3 is 0 Å². The van der Waals surface area contributed by atoms with E-state index in [4.69, 9.17) is 4.74 Å². The molecule has 1 aliphatic rings. The molecule has 1 saturated heterocycles. The second-order valence-corrected chi connectivity index (χ2v) is 6.03. The van der Waals surface area contributed by atoms with E-state index < -0.39 is 0 Å². The Balaban J connectivity index is 1.61. The highest BCUT2D eigenvalue weighted by Crippen LogP contribution is 2.18. The number of nitrogens with zero attached hydrogens (tertiary/aromatic N) is 2. The molecule has 1 aromatic heterocycles. The fraction of sp³-hybridized carbons (Fsp3) is 0.368. The van der Waals surface area contributed by atoms with Crippen LogP contribution in [0.5, 0.6) is 0 Å². The maximum atomic E-state index is 12.3. The number of pyridine rings is 1. The van der Waals surface area contributed by atoms with Gasteiger partial charge in [-0.05, 0) is 48.2 Å². The number of nitrogens with one attached hydrogen (secondary N) is 1. The quantitative estimate of drug-likeness (QED) is 0.887. The third kappa shape index (κ3) is 4.11. The SMILES string of the molecule is COCc1cccc(C(=O)NCc2ccnc(N3CCCC3)c2)c1. The van der Waals surface area contributed by atoms with Crippen LogP contribution in [0.15, 0.2) is 42.6 Å². The molecule has 1 N–H and O–H groups in total. The minimum absolute atomic E-state index is 0.0764. The molecule has 0 aliphatic carbocycles. The largest absolute Gasteiger partial charge is 0.380 e. The lowest BCUT2D eigenvalue weighted by molar-refractivity contribution is 0.0950. The maximum absolute atomic E-state index is 12.3. The number of aromatic nitrogens is 1. The fourth-order valence-corrected chi connectivity index (χ4v) is 2.94. The molecular formula is C19H23N3O2. The molecular weight excluding hydrogens is 302 g/mol. The minimum atomic E-state index is -0.0764. The summed E-state index contributed by atoms with van der Waals surface area (Å²) in [6.07, 6.45) is 4.26. The number of methoxy groups -OCH3 is 1. The zero-order valence-corrected chi connectivity index (χ0v) is 14.0. The third-order valence-corrected chi connectivity index (χ3v) is 4.19. The van der Waals surface area contributed by atoms with Crippen LogP contribution in [0.1, 0.15) is 34.3 Å². The van der Waals surface area contributed by atoms with Gasteiger partial charge in [-0.1, -0.05) is 12.1 Å². The summed E-state index contributed by atoms with van der Waals surface area (Å²) >= 11 is 0. The molecule has 24 heavy (non-hydrogen) atoms. The lowest BCUT2D eigenvalue weighted by Crippen LogP contribution is -2.23. The first-order valence-corrected chi connectivity index (χ1v) is 8.32. The van der Waals surface area contributed by atoms with Gasteiger partial charge in [0.1, 0.15) is 5.82 Å². The Bertz CT molecular complexity index is 697. The number of amides is 1. The molecule has 5 nitrogen and oxygen atoms in total. The first kappa shape index (κ1) is 16.5. The second-order valence-electron chi connectivity index (χ2n) is 6.03. The summed E-state index contributed by atoms with van der Waals surface area (Å²) in [6.45, 7) is 3.13. The molecule has 1 aliphatic heterocycles. The van der Waals surface area contributed by atoms with Gasteiger partial charge in [0, 0.05) is 38.5 Å². The van der Waals surface area contributed by atoms with E-state index in [1.807, 2.05) is 36.5 Å². The van der Waals surface area contributed by atoms with Crippen LogP contribution in [0.25, 0.3) is 0 Å². The summed E-state index contributed by atoms with van der Waals surface area (Å²) < 4.78 is 5.11. The van der Waals surface area contributed by atoms with Gasteiger partial charge in [-0.15, -0.1) is 0 Å². The minimum Gasteiger partial charge on any atom is -0.380 e. The second kappa shape index (κ2) is 7.93. The van der Waals surface area contributed by atoms with Crippen molar-refractivity contribution in [3.63, 3.8) is 0 Å². The number of benzene rings is 1. The maximum Gasteiger partial charge on any atom is 0.251 e. The monoisotopic (exact) mass is 325 g/mol. The number of anilines is 1. The van der Waals surface area contributed by atoms with E-state index in [0.717, 1.165) is 30.0 Å². The van der Waals surface area contributed by atoms with Gasteiger partial charge in [0.25, 0.3) is 5.91 Å². The van der Waals surface area contributed by atoms with Crippen LogP contribution in [0, 0.1) is 0 Å². The number of carbonyl (C=O) groups excluding carboxylic acids is 1. The van der Waals surface area contributed by atoms with E-state index >= 15 is 0 Å². The smallest absolute Gasteiger partial charge is 0.251 e. The highest BCUT2D eigenvalue weighted by atomic mass is 16.5. The summed E-state index contributed by atoms with van der Waals surface area (Å²) in [4.78, 5) is 19.1. The van der Waals surface area contributed by atoms with E-state index in [1.165, 1.54) is 12.8 Å². The molecule has 0 saturated carbocycles. The molecule has 3 rings (SSSR count). The van der Waals surface area contributed by atoms with Gasteiger partial charge in [0.05, 0.1) is 6.61 Å². The number of ether oxygens (including phenoxy) is 1. The first-order valence-electron chi connectivity index (χ1n) is 8.32. The molecule has 0 unspecified atom stereocenters. The standard InChI is InChI=1S/C19H23N3O2/c1-24-14-16-5-4-6-17(11-16)19(23)21-13-15-7-8-20-18(12-15)22-9-2-3-10-22/h4-8,11-12H,2-3,9-10,13-14H2,1H3,(H,21,23). The van der Waals surface area contributed by atoms with Crippen molar-refractivity contribution in [2.75, 3.05) is 25.1 Å². The van der Waals surface area contributed by atoms with Crippen molar-refractivity contribution in [1.82, 2.24) is 10.3 Å². The highest BCUT2D eigenvalue weighted by molar-refractivity contribution is 5.94. The number of hydrogen-bond donors (Lipinski definition) is 1. The van der Waals surface area contributed by atoms with Crippen molar-refractivity contribution >= 4 is 11.7 Å². The molecule has 2 heterocycles. The van der Waals surface area contributed by atoms with Gasteiger partial charge < -0.3 is 15.0 Å². The van der Waals surface area contributed by atoms with Gasteiger partial charge in [-0.3, -0.25) is 4.79 Å². The van der Waals surface area contributed by atoms with E-state index in [9.17, 15) is 4.79 Å². The van der Waals surface area contributed by atoms with Crippen molar-refractivity contribution in [3.8, 4) is 0 Å². The van der Waals surface area contributed by atoms with Crippen molar-refractivity contribution in [1.29, 1.82) is 0 Å². The molecule has 5 heteroatoms. The number of carbonyl (C=O) groups is 1. The summed E-state index contributed by atoms with van der Waals surface area (Å²) in [5.41, 5.74) is 2.71. The Morgan fingerprint density at radius 1 is 1.21 bits per heavy atom. The normalized spacial score (nSPS) is 14.0. The van der Waals surface area contributed by atoms with E-state index in [1.54, 1.807) is 7.11 Å². The number of rotatable bonds is 6. The molecule has 0 radical (unpaired) electrons. The zero-order valence-electron chi connectivity index (χ0n) is 14.0. The number of hydrogen-bond acceptors (Lipinski definition) is 4. The average molecular weight is 325 g/mol. The van der Waals surface area contributed by atoms with Crippen LogP contribution in [-0.2, 0) is 17.9 Å². The van der Waals surface area contributed by atoms with Gasteiger partial charge in [-0.25, -0.2) is 4.98 Å². The van der Waals surface area contributed by atoms with E-state index in [2.05, 4.69) is 21.3 Å². The van der Waals surface area contributed by atoms with Crippen molar-refractivity contribution in [2.45, 2.75) is 26.0 Å². The lowest BCUT2D eigenvalue weighted by Gasteiger charge is -2.17. The highest BCUT2D eigenvalue weighted by Gasteiger charge is 2.14. The van der Waals surface area contributed by atoms with E-state index in [0.29, 0.717) is 18.7 Å². The van der Waals surface area contributed by atoms with Gasteiger partial charge in [0.15, 0.2) is 0 Å². The van der Waals surface area contributed by atoms with Gasteiger partial charge in [0.2, 0.25) is 0 Å². The van der Waals surface area contributed by atoms with Gasteiger partial charge in [-0.2, -0.15) is 0 Å². The van der Waals surface area contributed by atoms with Crippen molar-refractivity contribution in [2.24, 2.45) is 0 Å². The molecule has 126 valence electrons. The molecule has 2 aromatic rings. The molecule has 0 bridgehead atoms. The fourth-order valence-electron chi connectivity index (χ4n) is 2.94. The Morgan fingerprint density at radius 3 is 2.83 bits per heavy atom. The summed E-state index contributed by atoms with van der Waals surface area (Å²) in [5.74, 6) is 0.925. The topological polar surface area (TPSA) is 54.5 Å². The van der Waals surface area contributed by atoms with Crippen LogP contribution < -0.4 is 10.2 Å². The summed E-state index contributed by atoms with van der Waals surface area (Å²) in [5, 5.41) is 2.98. The molecule has 1 amide bonds. The Hall–Kier alpha value is -2.40. The molecule has 1 aromatic carbocycles. The van der Waals surface area contributed by atoms with Crippen LogP contribution in [0.4, 0.5) is 5.82 Å². The molecule has 0 spiro atoms. The Morgan fingerprint density at radius 2 is 2.04 bits per heavy atom. The average Bonchev–Trinajstić information content (AvgIpc) is 3.15. The Kier molecular flexibility index (Phi) is 5.43. The first-order chi connectivity index (χ1) is 11.8. The molecule has 1 fully saturated rings. The van der Waals surface area contributed by atoms with Crippen molar-refractivity contribution < 1.29 is 9.53 Å². The summed E-state index contributed by atoms with van der Waals surface area (Å²) in [6, 6.07) is 11.5.